The highest BCUT2D eigenvalue weighted by Gasteiger charge is 2.37. The summed E-state index contributed by atoms with van der Waals surface area (Å²) in [6.45, 7) is 0. The fourth-order valence-electron chi connectivity index (χ4n) is 1.81. The number of para-hydroxylation sites is 1. The third kappa shape index (κ3) is 1.38. The number of fused-ring (bicyclic) bond motifs is 3. The molecule has 0 saturated heterocycles. The molecular formula is C10H5F3N4O. The number of hydrogen-bond acceptors (Lipinski definition) is 3. The summed E-state index contributed by atoms with van der Waals surface area (Å²) in [5.74, 6) is -1.39. The van der Waals surface area contributed by atoms with Crippen molar-refractivity contribution in [3.05, 3.63) is 40.4 Å². The fraction of sp³-hybridized carbons (Fsp3) is 0.100. The van der Waals surface area contributed by atoms with Crippen molar-refractivity contribution in [1.29, 1.82) is 0 Å². The van der Waals surface area contributed by atoms with Crippen molar-refractivity contribution < 1.29 is 13.2 Å². The average molecular weight is 254 g/mol. The van der Waals surface area contributed by atoms with E-state index in [4.69, 9.17) is 0 Å². The second-order valence-electron chi connectivity index (χ2n) is 3.65. The lowest BCUT2D eigenvalue weighted by molar-refractivity contribution is -0.145. The summed E-state index contributed by atoms with van der Waals surface area (Å²) in [6.07, 6.45) is -4.64. The van der Waals surface area contributed by atoms with Gasteiger partial charge in [-0.3, -0.25) is 14.2 Å². The van der Waals surface area contributed by atoms with Crippen LogP contribution in [0, 0.1) is 0 Å². The second kappa shape index (κ2) is 3.31. The molecule has 18 heavy (non-hydrogen) atoms. The first-order chi connectivity index (χ1) is 8.48. The first-order valence-corrected chi connectivity index (χ1v) is 4.92. The number of nitrogens with zero attached hydrogens (tertiary/aromatic N) is 3. The van der Waals surface area contributed by atoms with Gasteiger partial charge in [-0.1, -0.05) is 12.1 Å². The number of benzene rings is 1. The second-order valence-corrected chi connectivity index (χ2v) is 3.65. The Bertz CT molecular complexity index is 802. The van der Waals surface area contributed by atoms with Crippen molar-refractivity contribution in [3.63, 3.8) is 0 Å². The summed E-state index contributed by atoms with van der Waals surface area (Å²) in [6, 6.07) is 5.96. The van der Waals surface area contributed by atoms with Gasteiger partial charge in [0.15, 0.2) is 0 Å². The van der Waals surface area contributed by atoms with Gasteiger partial charge in [-0.25, -0.2) is 0 Å². The molecule has 3 aromatic rings. The molecule has 0 saturated carbocycles. The van der Waals surface area contributed by atoms with E-state index in [1.54, 1.807) is 12.1 Å². The van der Waals surface area contributed by atoms with E-state index in [2.05, 4.69) is 15.2 Å². The first-order valence-electron chi connectivity index (χ1n) is 4.92. The van der Waals surface area contributed by atoms with Gasteiger partial charge in [-0.2, -0.15) is 13.2 Å². The zero-order valence-corrected chi connectivity index (χ0v) is 8.69. The van der Waals surface area contributed by atoms with Crippen LogP contribution in [-0.2, 0) is 6.18 Å². The third-order valence-corrected chi connectivity index (χ3v) is 2.53. The van der Waals surface area contributed by atoms with Crippen molar-refractivity contribution >= 4 is 16.7 Å². The van der Waals surface area contributed by atoms with Crippen LogP contribution in [0.2, 0.25) is 0 Å². The molecule has 0 aliphatic carbocycles. The molecule has 2 heterocycles. The number of H-pyrrole nitrogens is 1. The largest absolute Gasteiger partial charge is 0.452 e. The quantitative estimate of drug-likeness (QED) is 0.662. The van der Waals surface area contributed by atoms with E-state index < -0.39 is 17.6 Å². The normalized spacial score (nSPS) is 12.4. The van der Waals surface area contributed by atoms with Crippen LogP contribution in [-0.4, -0.2) is 19.6 Å². The highest BCUT2D eigenvalue weighted by Crippen LogP contribution is 2.28. The number of halogens is 3. The number of alkyl halides is 3. The molecular weight excluding hydrogens is 249 g/mol. The van der Waals surface area contributed by atoms with Crippen molar-refractivity contribution in [3.8, 4) is 0 Å². The van der Waals surface area contributed by atoms with E-state index >= 15 is 0 Å². The summed E-state index contributed by atoms with van der Waals surface area (Å²) in [4.78, 5) is 13.9. The molecule has 0 bridgehead atoms. The molecule has 0 fully saturated rings. The topological polar surface area (TPSA) is 63.0 Å². The predicted molar refractivity (Wildman–Crippen MR) is 56.1 cm³/mol. The summed E-state index contributed by atoms with van der Waals surface area (Å²) in [5.41, 5.74) is -0.382. The lowest BCUT2D eigenvalue weighted by Crippen LogP contribution is -2.15. The molecule has 0 atom stereocenters. The molecule has 8 heteroatoms. The Balaban J connectivity index is 2.59. The Hall–Kier alpha value is -2.38. The van der Waals surface area contributed by atoms with Crippen molar-refractivity contribution in [2.45, 2.75) is 6.18 Å². The van der Waals surface area contributed by atoms with Gasteiger partial charge >= 0.3 is 6.18 Å². The highest BCUT2D eigenvalue weighted by atomic mass is 19.4. The Morgan fingerprint density at radius 3 is 2.61 bits per heavy atom. The minimum Gasteiger partial charge on any atom is -0.290 e. The van der Waals surface area contributed by atoms with Crippen LogP contribution in [0.15, 0.2) is 29.1 Å². The van der Waals surface area contributed by atoms with E-state index in [0.717, 1.165) is 4.40 Å². The summed E-state index contributed by atoms with van der Waals surface area (Å²) >= 11 is 0. The standard InChI is InChI=1S/C10H5F3N4O/c11-10(12,13)8-15-16-9-14-7(18)5-3-1-2-4-6(5)17(8)9/h1-4H,(H,14,16,18). The van der Waals surface area contributed by atoms with Crippen LogP contribution in [0.1, 0.15) is 5.82 Å². The maximum atomic E-state index is 12.8. The number of hydrogen-bond donors (Lipinski definition) is 1. The lowest BCUT2D eigenvalue weighted by atomic mass is 10.2. The molecule has 0 unspecified atom stereocenters. The van der Waals surface area contributed by atoms with Gasteiger partial charge in [0.2, 0.25) is 11.6 Å². The Morgan fingerprint density at radius 1 is 1.17 bits per heavy atom. The van der Waals surface area contributed by atoms with Gasteiger partial charge in [0, 0.05) is 0 Å². The maximum Gasteiger partial charge on any atom is 0.452 e. The van der Waals surface area contributed by atoms with Crippen LogP contribution in [0.25, 0.3) is 16.7 Å². The fourth-order valence-corrected chi connectivity index (χ4v) is 1.81. The maximum absolute atomic E-state index is 12.8. The summed E-state index contributed by atoms with van der Waals surface area (Å²) in [5, 5.41) is 6.56. The minimum absolute atomic E-state index is 0.119. The molecule has 0 spiro atoms. The summed E-state index contributed by atoms with van der Waals surface area (Å²) < 4.78 is 39.1. The Morgan fingerprint density at radius 2 is 1.89 bits per heavy atom. The predicted octanol–water partition coefficient (Wildman–Crippen LogP) is 1.59. The van der Waals surface area contributed by atoms with Crippen LogP contribution in [0.3, 0.4) is 0 Å². The Labute approximate surface area is 96.9 Å². The van der Waals surface area contributed by atoms with E-state index in [1.165, 1.54) is 12.1 Å². The third-order valence-electron chi connectivity index (χ3n) is 2.53. The van der Waals surface area contributed by atoms with E-state index in [0.29, 0.717) is 0 Å². The monoisotopic (exact) mass is 254 g/mol. The zero-order valence-electron chi connectivity index (χ0n) is 8.69. The lowest BCUT2D eigenvalue weighted by Gasteiger charge is -2.06. The van der Waals surface area contributed by atoms with Crippen LogP contribution in [0.5, 0.6) is 0 Å². The van der Waals surface area contributed by atoms with E-state index in [-0.39, 0.29) is 16.7 Å². The molecule has 5 nitrogen and oxygen atoms in total. The van der Waals surface area contributed by atoms with Crippen LogP contribution < -0.4 is 5.56 Å². The van der Waals surface area contributed by atoms with E-state index in [9.17, 15) is 18.0 Å². The Kier molecular flexibility index (Phi) is 1.98. The highest BCUT2D eigenvalue weighted by molar-refractivity contribution is 5.80. The molecule has 3 rings (SSSR count). The van der Waals surface area contributed by atoms with Gasteiger partial charge in [0.25, 0.3) is 5.56 Å². The minimum atomic E-state index is -4.64. The van der Waals surface area contributed by atoms with Crippen LogP contribution in [0.4, 0.5) is 13.2 Å². The van der Waals surface area contributed by atoms with Gasteiger partial charge < -0.3 is 0 Å². The number of rotatable bonds is 0. The van der Waals surface area contributed by atoms with Crippen molar-refractivity contribution in [1.82, 2.24) is 19.6 Å². The molecule has 0 aliphatic rings. The van der Waals surface area contributed by atoms with Gasteiger partial charge in [-0.05, 0) is 12.1 Å². The van der Waals surface area contributed by atoms with E-state index in [1.807, 2.05) is 0 Å². The van der Waals surface area contributed by atoms with Gasteiger partial charge in [-0.15, -0.1) is 10.2 Å². The summed E-state index contributed by atoms with van der Waals surface area (Å²) in [7, 11) is 0. The molecule has 1 N–H and O–H groups in total. The average Bonchev–Trinajstić information content (AvgIpc) is 2.73. The molecule has 2 aromatic heterocycles. The van der Waals surface area contributed by atoms with Crippen molar-refractivity contribution in [2.24, 2.45) is 0 Å². The molecule has 0 radical (unpaired) electrons. The van der Waals surface area contributed by atoms with Crippen molar-refractivity contribution in [2.75, 3.05) is 0 Å². The molecule has 1 aromatic carbocycles. The number of nitrogens with one attached hydrogen (secondary N) is 1. The molecule has 92 valence electrons. The molecule has 0 aliphatic heterocycles. The SMILES string of the molecule is O=c1[nH]c2nnc(C(F)(F)F)n2c2ccccc12. The molecule has 0 amide bonds. The number of aromatic nitrogens is 4. The number of aromatic amines is 1. The zero-order chi connectivity index (χ0) is 12.9. The van der Waals surface area contributed by atoms with Gasteiger partial charge in [0.05, 0.1) is 10.9 Å². The van der Waals surface area contributed by atoms with Crippen LogP contribution >= 0.6 is 0 Å². The van der Waals surface area contributed by atoms with Gasteiger partial charge in [0.1, 0.15) is 0 Å². The smallest absolute Gasteiger partial charge is 0.290 e. The first kappa shape index (κ1) is 10.8.